The van der Waals surface area contributed by atoms with Gasteiger partial charge in [0.1, 0.15) is 0 Å². The molecule has 2 unspecified atom stereocenters. The van der Waals surface area contributed by atoms with Gasteiger partial charge in [0.2, 0.25) is 0 Å². The van der Waals surface area contributed by atoms with Crippen LogP contribution in [0, 0.1) is 19.8 Å². The molecule has 21 heavy (non-hydrogen) atoms. The van der Waals surface area contributed by atoms with Crippen LogP contribution in [0.1, 0.15) is 40.7 Å². The average molecular weight is 353 g/mol. The molecule has 2 fully saturated rings. The van der Waals surface area contributed by atoms with E-state index in [4.69, 9.17) is 9.47 Å². The van der Waals surface area contributed by atoms with Gasteiger partial charge in [-0.3, -0.25) is 4.79 Å². The smallest absolute Gasteiger partial charge is 0.166 e. The second kappa shape index (κ2) is 5.82. The summed E-state index contributed by atoms with van der Waals surface area (Å²) >= 11 is 3.56. The van der Waals surface area contributed by atoms with E-state index in [1.807, 2.05) is 26.0 Å². The minimum Gasteiger partial charge on any atom is -0.378 e. The summed E-state index contributed by atoms with van der Waals surface area (Å²) in [5, 5.41) is 0. The van der Waals surface area contributed by atoms with Gasteiger partial charge in [-0.1, -0.05) is 15.9 Å². The minimum atomic E-state index is -0.210. The lowest BCUT2D eigenvalue weighted by Gasteiger charge is -2.36. The number of halogens is 1. The first-order chi connectivity index (χ1) is 10.0. The van der Waals surface area contributed by atoms with E-state index in [9.17, 15) is 4.79 Å². The zero-order valence-corrected chi connectivity index (χ0v) is 14.2. The van der Waals surface area contributed by atoms with E-state index in [0.717, 1.165) is 47.0 Å². The van der Waals surface area contributed by atoms with E-state index in [2.05, 4.69) is 15.9 Å². The Balaban J connectivity index is 1.81. The predicted molar refractivity (Wildman–Crippen MR) is 84.8 cm³/mol. The topological polar surface area (TPSA) is 35.5 Å². The van der Waals surface area contributed by atoms with Crippen LogP contribution in [0.5, 0.6) is 0 Å². The first-order valence-corrected chi connectivity index (χ1v) is 8.33. The number of ether oxygens (including phenoxy) is 2. The molecule has 3 rings (SSSR count). The lowest BCUT2D eigenvalue weighted by Crippen LogP contribution is -2.42. The molecule has 1 aromatic carbocycles. The van der Waals surface area contributed by atoms with Crippen LogP contribution >= 0.6 is 15.9 Å². The second-order valence-corrected chi connectivity index (χ2v) is 7.11. The Bertz CT molecular complexity index is 538. The molecule has 114 valence electrons. The maximum atomic E-state index is 12.8. The fourth-order valence-corrected chi connectivity index (χ4v) is 3.67. The number of carbonyl (C=O) groups is 1. The van der Waals surface area contributed by atoms with Crippen molar-refractivity contribution in [2.24, 2.45) is 5.92 Å². The molecule has 0 saturated carbocycles. The Labute approximate surface area is 134 Å². The number of ketones is 1. The molecule has 2 aliphatic rings. The summed E-state index contributed by atoms with van der Waals surface area (Å²) in [5.41, 5.74) is 2.85. The molecule has 0 aliphatic carbocycles. The molecule has 0 bridgehead atoms. The maximum absolute atomic E-state index is 12.8. The molecule has 2 atom stereocenters. The van der Waals surface area contributed by atoms with Crippen molar-refractivity contribution < 1.29 is 14.3 Å². The van der Waals surface area contributed by atoms with Crippen molar-refractivity contribution >= 4 is 21.7 Å². The third kappa shape index (κ3) is 2.94. The number of rotatable bonds is 2. The number of Topliss-reactive ketones (excluding diaryl/α,β-unsaturated/α-hetero) is 1. The Hall–Kier alpha value is -0.710. The van der Waals surface area contributed by atoms with Crippen LogP contribution in [0.3, 0.4) is 0 Å². The van der Waals surface area contributed by atoms with Gasteiger partial charge in [0.25, 0.3) is 0 Å². The second-order valence-electron chi connectivity index (χ2n) is 6.31. The molecule has 0 aromatic heterocycles. The first-order valence-electron chi connectivity index (χ1n) is 7.53. The molecule has 2 saturated heterocycles. The molecule has 2 heterocycles. The zero-order chi connectivity index (χ0) is 15.0. The van der Waals surface area contributed by atoms with Crippen molar-refractivity contribution in [2.45, 2.75) is 38.7 Å². The summed E-state index contributed by atoms with van der Waals surface area (Å²) in [6.07, 6.45) is 2.52. The van der Waals surface area contributed by atoms with Crippen LogP contribution in [0.15, 0.2) is 16.6 Å². The molecule has 1 aromatic rings. The average Bonchev–Trinajstić information content (AvgIpc) is 2.91. The summed E-state index contributed by atoms with van der Waals surface area (Å²) in [6.45, 7) is 6.11. The summed E-state index contributed by atoms with van der Waals surface area (Å²) < 4.78 is 12.5. The number of benzene rings is 1. The third-order valence-corrected chi connectivity index (χ3v) is 5.90. The van der Waals surface area contributed by atoms with Crippen molar-refractivity contribution in [3.05, 3.63) is 33.3 Å². The van der Waals surface area contributed by atoms with E-state index in [0.29, 0.717) is 13.2 Å². The third-order valence-electron chi connectivity index (χ3n) is 4.65. The maximum Gasteiger partial charge on any atom is 0.166 e. The van der Waals surface area contributed by atoms with Gasteiger partial charge in [0, 0.05) is 35.6 Å². The fraction of sp³-hybridized carbons (Fsp3) is 0.588. The lowest BCUT2D eigenvalue weighted by molar-refractivity contribution is -0.0920. The Kier molecular flexibility index (Phi) is 4.21. The highest BCUT2D eigenvalue weighted by Crippen LogP contribution is 2.37. The molecule has 0 amide bonds. The van der Waals surface area contributed by atoms with Crippen molar-refractivity contribution in [1.29, 1.82) is 0 Å². The number of hydrogen-bond acceptors (Lipinski definition) is 3. The predicted octanol–water partition coefficient (Wildman–Crippen LogP) is 3.83. The quantitative estimate of drug-likeness (QED) is 0.758. The van der Waals surface area contributed by atoms with Crippen molar-refractivity contribution in [3.63, 3.8) is 0 Å². The Morgan fingerprint density at radius 3 is 2.62 bits per heavy atom. The van der Waals surface area contributed by atoms with Crippen molar-refractivity contribution in [3.8, 4) is 0 Å². The molecule has 1 spiro atoms. The monoisotopic (exact) mass is 352 g/mol. The highest BCUT2D eigenvalue weighted by Gasteiger charge is 2.43. The molecular weight excluding hydrogens is 332 g/mol. The van der Waals surface area contributed by atoms with Crippen LogP contribution in [-0.2, 0) is 9.47 Å². The van der Waals surface area contributed by atoms with Gasteiger partial charge in [0.05, 0.1) is 12.2 Å². The molecule has 0 radical (unpaired) electrons. The summed E-state index contributed by atoms with van der Waals surface area (Å²) in [6, 6.07) is 3.99. The Morgan fingerprint density at radius 1 is 1.29 bits per heavy atom. The lowest BCUT2D eigenvalue weighted by atomic mass is 9.81. The molecule has 4 heteroatoms. The zero-order valence-electron chi connectivity index (χ0n) is 12.6. The SMILES string of the molecule is Cc1cc(C(=O)C2CCOC3(CCOC3)C2)cc(C)c1Br. The first kappa shape index (κ1) is 15.2. The van der Waals surface area contributed by atoms with Gasteiger partial charge in [-0.15, -0.1) is 0 Å². The highest BCUT2D eigenvalue weighted by molar-refractivity contribution is 9.10. The van der Waals surface area contributed by atoms with Gasteiger partial charge in [0.15, 0.2) is 5.78 Å². The van der Waals surface area contributed by atoms with E-state index >= 15 is 0 Å². The van der Waals surface area contributed by atoms with Crippen molar-refractivity contribution in [2.75, 3.05) is 19.8 Å². The summed E-state index contributed by atoms with van der Waals surface area (Å²) in [4.78, 5) is 12.8. The van der Waals surface area contributed by atoms with Gasteiger partial charge >= 0.3 is 0 Å². The van der Waals surface area contributed by atoms with E-state index in [-0.39, 0.29) is 17.3 Å². The van der Waals surface area contributed by atoms with Crippen LogP contribution in [0.2, 0.25) is 0 Å². The molecule has 2 aliphatic heterocycles. The normalized spacial score (nSPS) is 29.0. The summed E-state index contributed by atoms with van der Waals surface area (Å²) in [7, 11) is 0. The number of hydrogen-bond donors (Lipinski definition) is 0. The van der Waals surface area contributed by atoms with Crippen LogP contribution in [-0.4, -0.2) is 31.2 Å². The number of carbonyl (C=O) groups excluding carboxylic acids is 1. The molecular formula is C17H21BrO3. The van der Waals surface area contributed by atoms with Crippen LogP contribution < -0.4 is 0 Å². The van der Waals surface area contributed by atoms with Crippen molar-refractivity contribution in [1.82, 2.24) is 0 Å². The molecule has 3 nitrogen and oxygen atoms in total. The van der Waals surface area contributed by atoms with Gasteiger partial charge in [-0.05, 0) is 49.9 Å². The highest BCUT2D eigenvalue weighted by atomic mass is 79.9. The van der Waals surface area contributed by atoms with Crippen LogP contribution in [0.25, 0.3) is 0 Å². The summed E-state index contributed by atoms with van der Waals surface area (Å²) in [5.74, 6) is 0.309. The number of aryl methyl sites for hydroxylation is 2. The van der Waals surface area contributed by atoms with Gasteiger partial charge in [-0.25, -0.2) is 0 Å². The Morgan fingerprint density at radius 2 is 2.00 bits per heavy atom. The van der Waals surface area contributed by atoms with Crippen LogP contribution in [0.4, 0.5) is 0 Å². The van der Waals surface area contributed by atoms with Gasteiger partial charge < -0.3 is 9.47 Å². The fourth-order valence-electron chi connectivity index (χ4n) is 3.44. The van der Waals surface area contributed by atoms with E-state index in [1.54, 1.807) is 0 Å². The van der Waals surface area contributed by atoms with E-state index in [1.165, 1.54) is 0 Å². The molecule has 0 N–H and O–H groups in total. The minimum absolute atomic E-state index is 0.0559. The van der Waals surface area contributed by atoms with E-state index < -0.39 is 0 Å². The standard InChI is InChI=1S/C17H21BrO3/c1-11-7-14(8-12(2)15(11)18)16(19)13-3-5-21-17(9-13)4-6-20-10-17/h7-8,13H,3-6,9-10H2,1-2H3. The van der Waals surface area contributed by atoms with Gasteiger partial charge in [-0.2, -0.15) is 0 Å². The largest absolute Gasteiger partial charge is 0.378 e.